The average Bonchev–Trinajstić information content (AvgIpc) is 3.49. The summed E-state index contributed by atoms with van der Waals surface area (Å²) in [6.07, 6.45) is 9.14. The smallest absolute Gasteiger partial charge is 0.277 e. The van der Waals surface area contributed by atoms with Crippen molar-refractivity contribution in [3.63, 3.8) is 0 Å². The molecular formula is C24H33N5O3. The fourth-order valence-corrected chi connectivity index (χ4v) is 5.70. The summed E-state index contributed by atoms with van der Waals surface area (Å²) < 4.78 is 1.51. The Morgan fingerprint density at radius 3 is 2.69 bits per heavy atom. The molecule has 2 aliphatic heterocycles. The average molecular weight is 440 g/mol. The van der Waals surface area contributed by atoms with Crippen LogP contribution in [0.25, 0.3) is 5.65 Å². The van der Waals surface area contributed by atoms with Crippen LogP contribution >= 0.6 is 0 Å². The molecular weight excluding hydrogens is 406 g/mol. The van der Waals surface area contributed by atoms with Crippen molar-refractivity contribution in [2.45, 2.75) is 83.7 Å². The monoisotopic (exact) mass is 439 g/mol. The van der Waals surface area contributed by atoms with E-state index in [0.717, 1.165) is 69.3 Å². The van der Waals surface area contributed by atoms with Crippen LogP contribution in [0, 0.1) is 5.92 Å². The van der Waals surface area contributed by atoms with E-state index in [-0.39, 0.29) is 29.3 Å². The zero-order chi connectivity index (χ0) is 22.2. The molecule has 172 valence electrons. The fourth-order valence-electron chi connectivity index (χ4n) is 5.70. The van der Waals surface area contributed by atoms with E-state index in [1.54, 1.807) is 0 Å². The third-order valence-electron chi connectivity index (χ3n) is 7.44. The zero-order valence-corrected chi connectivity index (χ0v) is 18.9. The maximum Gasteiger partial charge on any atom is 0.277 e. The Balaban J connectivity index is 1.44. The largest absolute Gasteiger partial charge is 0.337 e. The van der Waals surface area contributed by atoms with Crippen molar-refractivity contribution in [2.24, 2.45) is 5.92 Å². The topological polar surface area (TPSA) is 90.8 Å². The highest BCUT2D eigenvalue weighted by Gasteiger charge is 2.32. The normalized spacial score (nSPS) is 21.8. The van der Waals surface area contributed by atoms with Crippen molar-refractivity contribution in [2.75, 3.05) is 13.1 Å². The quantitative estimate of drug-likeness (QED) is 0.793. The number of aromatic nitrogens is 3. The number of nitrogens with zero attached hydrogens (tertiary/aromatic N) is 4. The van der Waals surface area contributed by atoms with E-state index in [1.165, 1.54) is 4.52 Å². The molecule has 1 aliphatic carbocycles. The lowest BCUT2D eigenvalue weighted by Crippen LogP contribution is -2.42. The van der Waals surface area contributed by atoms with E-state index in [9.17, 15) is 14.4 Å². The molecule has 2 amide bonds. The number of nitrogens with one attached hydrogen (secondary N) is 1. The van der Waals surface area contributed by atoms with Gasteiger partial charge in [0.2, 0.25) is 11.8 Å². The standard InChI is InChI=1S/C24H33N5O3/c1-2-7-22(30)28-12-6-5-10-20(28)19-14-21-25-18-11-13-27(23(31)16-8-3-4-9-16)15-17(18)24(32)29(21)26-19/h14,16,20,26H,2-13,15H2,1H3/t20-/m0/s1. The van der Waals surface area contributed by atoms with E-state index in [1.807, 2.05) is 22.8 Å². The first-order valence-electron chi connectivity index (χ1n) is 12.3. The van der Waals surface area contributed by atoms with Crippen molar-refractivity contribution < 1.29 is 9.59 Å². The Bertz CT molecular complexity index is 1080. The maximum atomic E-state index is 13.3. The van der Waals surface area contributed by atoms with Gasteiger partial charge in [0, 0.05) is 37.9 Å². The van der Waals surface area contributed by atoms with E-state index >= 15 is 0 Å². The number of amides is 2. The molecule has 8 heteroatoms. The third-order valence-corrected chi connectivity index (χ3v) is 7.44. The third kappa shape index (κ3) is 3.73. The van der Waals surface area contributed by atoms with Crippen LogP contribution in [0.1, 0.15) is 87.7 Å². The minimum absolute atomic E-state index is 0.0404. The second kappa shape index (κ2) is 8.71. The minimum Gasteiger partial charge on any atom is -0.337 e. The van der Waals surface area contributed by atoms with Gasteiger partial charge in [-0.05, 0) is 38.5 Å². The van der Waals surface area contributed by atoms with Crippen LogP contribution in [0.3, 0.4) is 0 Å². The van der Waals surface area contributed by atoms with Gasteiger partial charge in [-0.1, -0.05) is 19.8 Å². The summed E-state index contributed by atoms with van der Waals surface area (Å²) in [6, 6.07) is 1.89. The van der Waals surface area contributed by atoms with Gasteiger partial charge in [0.05, 0.1) is 29.5 Å². The van der Waals surface area contributed by atoms with E-state index in [0.29, 0.717) is 37.1 Å². The number of carbonyl (C=O) groups excluding carboxylic acids is 2. The lowest BCUT2D eigenvalue weighted by atomic mass is 9.98. The summed E-state index contributed by atoms with van der Waals surface area (Å²) in [7, 11) is 0. The van der Waals surface area contributed by atoms with Crippen molar-refractivity contribution in [3.05, 3.63) is 33.4 Å². The lowest BCUT2D eigenvalue weighted by Gasteiger charge is -2.35. The minimum atomic E-state index is -0.123. The van der Waals surface area contributed by atoms with Crippen LogP contribution in [0.15, 0.2) is 10.9 Å². The Morgan fingerprint density at radius 2 is 1.91 bits per heavy atom. The summed E-state index contributed by atoms with van der Waals surface area (Å²) in [5.74, 6) is 0.486. The Kier molecular flexibility index (Phi) is 5.78. The Hall–Kier alpha value is -2.64. The number of piperidine rings is 1. The molecule has 1 N–H and O–H groups in total. The number of carbonyl (C=O) groups is 2. The van der Waals surface area contributed by atoms with Gasteiger partial charge in [-0.15, -0.1) is 0 Å². The van der Waals surface area contributed by atoms with Gasteiger partial charge in [0.25, 0.3) is 5.56 Å². The zero-order valence-electron chi connectivity index (χ0n) is 18.9. The molecule has 0 radical (unpaired) electrons. The van der Waals surface area contributed by atoms with Gasteiger partial charge < -0.3 is 9.80 Å². The molecule has 1 saturated carbocycles. The summed E-state index contributed by atoms with van der Waals surface area (Å²) in [5.41, 5.74) is 2.78. The van der Waals surface area contributed by atoms with Crippen LogP contribution in [0.5, 0.6) is 0 Å². The molecule has 2 aromatic heterocycles. The van der Waals surface area contributed by atoms with Crippen LogP contribution in [-0.4, -0.2) is 49.3 Å². The molecule has 0 unspecified atom stereocenters. The van der Waals surface area contributed by atoms with Crippen LogP contribution < -0.4 is 5.56 Å². The molecule has 32 heavy (non-hydrogen) atoms. The predicted octanol–water partition coefficient (Wildman–Crippen LogP) is 2.95. The molecule has 3 aliphatic rings. The highest BCUT2D eigenvalue weighted by atomic mass is 16.2. The number of aromatic amines is 1. The number of hydrogen-bond acceptors (Lipinski definition) is 4. The summed E-state index contributed by atoms with van der Waals surface area (Å²) in [4.78, 5) is 47.5. The molecule has 2 fully saturated rings. The maximum absolute atomic E-state index is 13.3. The number of likely N-dealkylation sites (tertiary alicyclic amines) is 1. The van der Waals surface area contributed by atoms with E-state index in [2.05, 4.69) is 5.10 Å². The Morgan fingerprint density at radius 1 is 1.12 bits per heavy atom. The second-order valence-electron chi connectivity index (χ2n) is 9.59. The molecule has 1 saturated heterocycles. The molecule has 1 atom stereocenters. The fraction of sp³-hybridized carbons (Fsp3) is 0.667. The van der Waals surface area contributed by atoms with Crippen molar-refractivity contribution in [3.8, 4) is 0 Å². The van der Waals surface area contributed by atoms with Gasteiger partial charge in [0.1, 0.15) is 0 Å². The van der Waals surface area contributed by atoms with Crippen LogP contribution in [0.4, 0.5) is 0 Å². The lowest BCUT2D eigenvalue weighted by molar-refractivity contribution is -0.136. The SMILES string of the molecule is CCCC(=O)N1CCCC[C@H]1c1cc2nc3c(c(=O)n2[nH]1)CN(C(=O)C1CCCC1)CC3. The van der Waals surface area contributed by atoms with Crippen molar-refractivity contribution in [1.82, 2.24) is 24.4 Å². The highest BCUT2D eigenvalue weighted by Crippen LogP contribution is 2.32. The molecule has 8 nitrogen and oxygen atoms in total. The van der Waals surface area contributed by atoms with Crippen molar-refractivity contribution >= 4 is 17.5 Å². The van der Waals surface area contributed by atoms with Crippen LogP contribution in [0.2, 0.25) is 0 Å². The van der Waals surface area contributed by atoms with Gasteiger partial charge in [-0.3, -0.25) is 19.5 Å². The van der Waals surface area contributed by atoms with E-state index < -0.39 is 0 Å². The number of H-pyrrole nitrogens is 1. The second-order valence-corrected chi connectivity index (χ2v) is 9.59. The Labute approximate surface area is 188 Å². The highest BCUT2D eigenvalue weighted by molar-refractivity contribution is 5.79. The molecule has 2 aromatic rings. The first kappa shape index (κ1) is 21.2. The number of rotatable bonds is 4. The molecule has 0 aromatic carbocycles. The van der Waals surface area contributed by atoms with Crippen LogP contribution in [-0.2, 0) is 22.6 Å². The summed E-state index contributed by atoms with van der Waals surface area (Å²) >= 11 is 0. The number of hydrogen-bond donors (Lipinski definition) is 1. The molecule has 4 heterocycles. The first-order chi connectivity index (χ1) is 15.6. The van der Waals surface area contributed by atoms with E-state index in [4.69, 9.17) is 4.98 Å². The molecule has 0 spiro atoms. The van der Waals surface area contributed by atoms with Gasteiger partial charge in [-0.25, -0.2) is 9.50 Å². The summed E-state index contributed by atoms with van der Waals surface area (Å²) in [5, 5.41) is 3.25. The number of fused-ring (bicyclic) bond motifs is 2. The predicted molar refractivity (Wildman–Crippen MR) is 120 cm³/mol. The van der Waals surface area contributed by atoms with Crippen molar-refractivity contribution in [1.29, 1.82) is 0 Å². The van der Waals surface area contributed by atoms with Gasteiger partial charge in [0.15, 0.2) is 5.65 Å². The molecule has 0 bridgehead atoms. The molecule has 5 rings (SSSR count). The first-order valence-corrected chi connectivity index (χ1v) is 12.3. The summed E-state index contributed by atoms with van der Waals surface area (Å²) in [6.45, 7) is 3.76. The van der Waals surface area contributed by atoms with Gasteiger partial charge >= 0.3 is 0 Å². The van der Waals surface area contributed by atoms with Gasteiger partial charge in [-0.2, -0.15) is 0 Å².